The van der Waals surface area contributed by atoms with E-state index in [0.29, 0.717) is 22.1 Å². The second-order valence-electron chi connectivity index (χ2n) is 5.97. The largest absolute Gasteiger partial charge is 0.573 e. The van der Waals surface area contributed by atoms with Gasteiger partial charge < -0.3 is 13.9 Å². The molecule has 0 aliphatic carbocycles. The quantitative estimate of drug-likeness (QED) is 0.503. The van der Waals surface area contributed by atoms with Gasteiger partial charge in [0, 0.05) is 21.8 Å². The van der Waals surface area contributed by atoms with E-state index in [1.165, 1.54) is 12.1 Å². The van der Waals surface area contributed by atoms with E-state index in [-0.39, 0.29) is 18.0 Å². The Kier molecular flexibility index (Phi) is 6.03. The molecular weight excluding hydrogens is 411 g/mol. The number of rotatable bonds is 5. The van der Waals surface area contributed by atoms with E-state index in [9.17, 15) is 18.0 Å². The van der Waals surface area contributed by atoms with Gasteiger partial charge in [-0.2, -0.15) is 0 Å². The molecule has 1 amide bonds. The molecule has 0 bridgehead atoms. The highest BCUT2D eigenvalue weighted by atomic mass is 35.5. The van der Waals surface area contributed by atoms with E-state index in [1.54, 1.807) is 25.1 Å². The molecule has 0 aliphatic heterocycles. The number of benzene rings is 2. The zero-order valence-corrected chi connectivity index (χ0v) is 15.8. The van der Waals surface area contributed by atoms with E-state index in [1.807, 2.05) is 12.1 Å². The Hall–Kier alpha value is -3.13. The van der Waals surface area contributed by atoms with Crippen LogP contribution >= 0.6 is 11.6 Å². The van der Waals surface area contributed by atoms with Crippen molar-refractivity contribution in [3.8, 4) is 17.1 Å². The summed E-state index contributed by atoms with van der Waals surface area (Å²) in [6, 6.07) is 13.6. The summed E-state index contributed by atoms with van der Waals surface area (Å²) in [5.41, 5.74) is 1.77. The van der Waals surface area contributed by atoms with Crippen molar-refractivity contribution in [2.45, 2.75) is 19.9 Å². The number of carbonyl (C=O) groups excluding carboxylic acids is 1. The molecule has 9 heteroatoms. The van der Waals surface area contributed by atoms with Gasteiger partial charge in [0.2, 0.25) is 0 Å². The van der Waals surface area contributed by atoms with E-state index < -0.39 is 12.5 Å². The first-order chi connectivity index (χ1) is 13.7. The highest BCUT2D eigenvalue weighted by molar-refractivity contribution is 6.30. The smallest absolute Gasteiger partial charge is 0.461 e. The predicted molar refractivity (Wildman–Crippen MR) is 101 cm³/mol. The van der Waals surface area contributed by atoms with Crippen molar-refractivity contribution in [2.24, 2.45) is 0 Å². The fourth-order valence-electron chi connectivity index (χ4n) is 2.46. The number of ether oxygens (including phenoxy) is 2. The Morgan fingerprint density at radius 1 is 1.10 bits per heavy atom. The molecule has 3 rings (SSSR count). The monoisotopic (exact) mass is 425 g/mol. The van der Waals surface area contributed by atoms with Crippen molar-refractivity contribution in [3.05, 3.63) is 70.9 Å². The van der Waals surface area contributed by atoms with Crippen molar-refractivity contribution in [1.29, 1.82) is 0 Å². The first-order valence-corrected chi connectivity index (χ1v) is 8.72. The number of hydrogen-bond acceptors (Lipinski definition) is 4. The third-order valence-electron chi connectivity index (χ3n) is 3.84. The van der Waals surface area contributed by atoms with Gasteiger partial charge in [0.05, 0.1) is 0 Å². The molecule has 1 aromatic heterocycles. The number of hydrogen-bond donors (Lipinski definition) is 1. The lowest BCUT2D eigenvalue weighted by Crippen LogP contribution is -2.17. The lowest BCUT2D eigenvalue weighted by molar-refractivity contribution is -0.274. The summed E-state index contributed by atoms with van der Waals surface area (Å²) < 4.78 is 51.0. The van der Waals surface area contributed by atoms with Crippen LogP contribution in [0.4, 0.5) is 23.7 Å². The fraction of sp³-hybridized carbons (Fsp3) is 0.150. The van der Waals surface area contributed by atoms with Gasteiger partial charge in [-0.15, -0.1) is 13.2 Å². The Labute approximate surface area is 169 Å². The lowest BCUT2D eigenvalue weighted by atomic mass is 10.1. The van der Waals surface area contributed by atoms with Crippen LogP contribution in [0.3, 0.4) is 0 Å². The molecule has 1 N–H and O–H groups in total. The first-order valence-electron chi connectivity index (χ1n) is 8.34. The van der Waals surface area contributed by atoms with Gasteiger partial charge in [0.1, 0.15) is 23.9 Å². The summed E-state index contributed by atoms with van der Waals surface area (Å²) in [6.45, 7) is 1.71. The maximum atomic E-state index is 12.1. The standard InChI is InChI=1S/C20H15ClF3NO4/c1-12-14(10-18(28-12)13-2-4-15(21)5-3-13)11-27-19(26)25-16-6-8-17(9-7-16)29-20(22,23)24/h2-10H,11H2,1H3,(H,25,26). The molecule has 152 valence electrons. The topological polar surface area (TPSA) is 60.7 Å². The van der Waals surface area contributed by atoms with Crippen molar-refractivity contribution >= 4 is 23.4 Å². The number of aryl methyl sites for hydroxylation is 1. The SMILES string of the molecule is Cc1oc(-c2ccc(Cl)cc2)cc1COC(=O)Nc1ccc(OC(F)(F)F)cc1. The molecule has 0 aliphatic rings. The molecule has 0 unspecified atom stereocenters. The zero-order valence-electron chi connectivity index (χ0n) is 15.0. The molecule has 0 saturated heterocycles. The summed E-state index contributed by atoms with van der Waals surface area (Å²) in [6.07, 6.45) is -5.54. The van der Waals surface area contributed by atoms with E-state index >= 15 is 0 Å². The third-order valence-corrected chi connectivity index (χ3v) is 4.09. The molecule has 0 spiro atoms. The third kappa shape index (κ3) is 5.92. The molecule has 5 nitrogen and oxygen atoms in total. The molecule has 0 saturated carbocycles. The number of furan rings is 1. The normalized spacial score (nSPS) is 11.2. The maximum absolute atomic E-state index is 12.1. The highest BCUT2D eigenvalue weighted by Crippen LogP contribution is 2.27. The van der Waals surface area contributed by atoms with Gasteiger partial charge in [-0.25, -0.2) is 4.79 Å². The van der Waals surface area contributed by atoms with E-state index in [0.717, 1.165) is 17.7 Å². The maximum Gasteiger partial charge on any atom is 0.573 e. The van der Waals surface area contributed by atoms with E-state index in [2.05, 4.69) is 10.1 Å². The van der Waals surface area contributed by atoms with Crippen LogP contribution in [0.25, 0.3) is 11.3 Å². The van der Waals surface area contributed by atoms with Crippen LogP contribution in [0, 0.1) is 6.92 Å². The Bertz CT molecular complexity index is 982. The van der Waals surface area contributed by atoms with Crippen molar-refractivity contribution < 1.29 is 31.9 Å². The molecule has 3 aromatic rings. The number of nitrogens with one attached hydrogen (secondary N) is 1. The molecule has 0 atom stereocenters. The fourth-order valence-corrected chi connectivity index (χ4v) is 2.58. The molecular formula is C20H15ClF3NO4. The lowest BCUT2D eigenvalue weighted by Gasteiger charge is -2.10. The number of alkyl halides is 3. The van der Waals surface area contributed by atoms with Crippen molar-refractivity contribution in [1.82, 2.24) is 0 Å². The summed E-state index contributed by atoms with van der Waals surface area (Å²) in [5, 5.41) is 3.03. The summed E-state index contributed by atoms with van der Waals surface area (Å²) >= 11 is 5.87. The van der Waals surface area contributed by atoms with Gasteiger partial charge in [-0.3, -0.25) is 5.32 Å². The van der Waals surface area contributed by atoms with Gasteiger partial charge in [0.15, 0.2) is 0 Å². The molecule has 0 fully saturated rings. The number of anilines is 1. The Morgan fingerprint density at radius 2 is 1.76 bits per heavy atom. The first kappa shape index (κ1) is 20.6. The number of carbonyl (C=O) groups is 1. The minimum Gasteiger partial charge on any atom is -0.461 e. The number of halogens is 4. The van der Waals surface area contributed by atoms with Crippen LogP contribution in [0.5, 0.6) is 5.75 Å². The molecule has 29 heavy (non-hydrogen) atoms. The minimum atomic E-state index is -4.78. The Balaban J connectivity index is 1.56. The summed E-state index contributed by atoms with van der Waals surface area (Å²) in [4.78, 5) is 11.9. The van der Waals surface area contributed by atoms with Gasteiger partial charge >= 0.3 is 12.5 Å². The van der Waals surface area contributed by atoms with Gasteiger partial charge in [-0.1, -0.05) is 11.6 Å². The van der Waals surface area contributed by atoms with Crippen LogP contribution in [0.1, 0.15) is 11.3 Å². The van der Waals surface area contributed by atoms with Gasteiger partial charge in [0.25, 0.3) is 0 Å². The second kappa shape index (κ2) is 8.48. The minimum absolute atomic E-state index is 0.0377. The van der Waals surface area contributed by atoms with Crippen LogP contribution in [-0.4, -0.2) is 12.5 Å². The summed E-state index contributed by atoms with van der Waals surface area (Å²) in [5.74, 6) is 0.815. The summed E-state index contributed by atoms with van der Waals surface area (Å²) in [7, 11) is 0. The van der Waals surface area contributed by atoms with Gasteiger partial charge in [-0.05, 0) is 61.5 Å². The molecule has 1 heterocycles. The van der Waals surface area contributed by atoms with E-state index in [4.69, 9.17) is 20.8 Å². The van der Waals surface area contributed by atoms with Crippen LogP contribution < -0.4 is 10.1 Å². The van der Waals surface area contributed by atoms with Crippen LogP contribution in [-0.2, 0) is 11.3 Å². The zero-order chi connectivity index (χ0) is 21.0. The molecule has 0 radical (unpaired) electrons. The average Bonchev–Trinajstić information content (AvgIpc) is 3.02. The number of amides is 1. The average molecular weight is 426 g/mol. The highest BCUT2D eigenvalue weighted by Gasteiger charge is 2.30. The second-order valence-corrected chi connectivity index (χ2v) is 6.41. The molecule has 2 aromatic carbocycles. The van der Waals surface area contributed by atoms with Crippen LogP contribution in [0.2, 0.25) is 5.02 Å². The van der Waals surface area contributed by atoms with Crippen molar-refractivity contribution in [2.75, 3.05) is 5.32 Å². The predicted octanol–water partition coefficient (Wildman–Crippen LogP) is 6.56. The van der Waals surface area contributed by atoms with Crippen molar-refractivity contribution in [3.63, 3.8) is 0 Å². The Morgan fingerprint density at radius 3 is 2.38 bits per heavy atom. The van der Waals surface area contributed by atoms with Crippen LogP contribution in [0.15, 0.2) is 59.0 Å².